The fourth-order valence-corrected chi connectivity index (χ4v) is 1.47. The van der Waals surface area contributed by atoms with E-state index in [1.807, 2.05) is 20.9 Å². The fraction of sp³-hybridized carbons (Fsp3) is 0.400. The minimum absolute atomic E-state index is 0.0375. The Bertz CT molecular complexity index is 522. The number of hydrogen-bond acceptors (Lipinski definition) is 2. The summed E-state index contributed by atoms with van der Waals surface area (Å²) in [5.41, 5.74) is 1.78. The Morgan fingerprint density at radius 2 is 2.21 bits per heavy atom. The maximum Gasteiger partial charge on any atom is 0.192 e. The van der Waals surface area contributed by atoms with Crippen LogP contribution in [0, 0.1) is 0 Å². The normalized spacial score (nSPS) is 11.4. The van der Waals surface area contributed by atoms with Crippen molar-refractivity contribution in [2.45, 2.75) is 19.8 Å². The van der Waals surface area contributed by atoms with Crippen molar-refractivity contribution in [3.63, 3.8) is 0 Å². The summed E-state index contributed by atoms with van der Waals surface area (Å²) in [6.07, 6.45) is 1.60. The number of nitrogens with one attached hydrogen (secondary N) is 1. The maximum atomic E-state index is 11.6. The van der Waals surface area contributed by atoms with E-state index in [1.54, 1.807) is 16.9 Å². The van der Waals surface area contributed by atoms with Crippen LogP contribution in [-0.4, -0.2) is 14.8 Å². The Morgan fingerprint density at radius 3 is 2.86 bits per heavy atom. The van der Waals surface area contributed by atoms with Crippen LogP contribution in [0.5, 0.6) is 0 Å². The Morgan fingerprint density at radius 1 is 1.50 bits per heavy atom. The highest BCUT2D eigenvalue weighted by molar-refractivity contribution is 5.74. The molecular formula is C10H13N3O. The molecular weight excluding hydrogens is 178 g/mol. The fourth-order valence-electron chi connectivity index (χ4n) is 1.47. The zero-order valence-corrected chi connectivity index (χ0v) is 8.53. The molecule has 0 amide bonds. The van der Waals surface area contributed by atoms with Crippen LogP contribution in [0.1, 0.15) is 25.5 Å². The molecule has 0 aliphatic carbocycles. The van der Waals surface area contributed by atoms with E-state index in [-0.39, 0.29) is 5.43 Å². The summed E-state index contributed by atoms with van der Waals surface area (Å²) in [6.45, 7) is 4.10. The first-order chi connectivity index (χ1) is 6.59. The number of aromatic amines is 1. The molecule has 0 fully saturated rings. The first kappa shape index (κ1) is 8.99. The standard InChI is InChI=1S/C10H13N3O/c1-6(2)8-4-9(14)7-5-11-13(3)10(7)12-8/h4-6H,1-3H3,(H,12,14). The predicted molar refractivity (Wildman–Crippen MR) is 55.4 cm³/mol. The second kappa shape index (κ2) is 2.97. The summed E-state index contributed by atoms with van der Waals surface area (Å²) in [4.78, 5) is 14.9. The van der Waals surface area contributed by atoms with Gasteiger partial charge in [-0.05, 0) is 5.92 Å². The van der Waals surface area contributed by atoms with Gasteiger partial charge in [0.15, 0.2) is 5.43 Å². The highest BCUT2D eigenvalue weighted by atomic mass is 16.1. The van der Waals surface area contributed by atoms with Gasteiger partial charge in [-0.15, -0.1) is 0 Å². The SMILES string of the molecule is CC(C)c1cc(=O)c2cnn(C)c2[nH]1. The van der Waals surface area contributed by atoms with Gasteiger partial charge in [-0.2, -0.15) is 5.10 Å². The van der Waals surface area contributed by atoms with Gasteiger partial charge in [-0.1, -0.05) is 13.8 Å². The van der Waals surface area contributed by atoms with E-state index in [0.29, 0.717) is 11.3 Å². The molecule has 0 saturated carbocycles. The quantitative estimate of drug-likeness (QED) is 0.740. The van der Waals surface area contributed by atoms with E-state index in [4.69, 9.17) is 0 Å². The Balaban J connectivity index is 2.82. The summed E-state index contributed by atoms with van der Waals surface area (Å²) in [7, 11) is 1.82. The summed E-state index contributed by atoms with van der Waals surface area (Å²) >= 11 is 0. The summed E-state index contributed by atoms with van der Waals surface area (Å²) in [6, 6.07) is 1.65. The molecule has 0 atom stereocenters. The van der Waals surface area contributed by atoms with E-state index in [1.165, 1.54) is 0 Å². The number of rotatable bonds is 1. The van der Waals surface area contributed by atoms with Crippen LogP contribution in [0.25, 0.3) is 11.0 Å². The molecule has 4 nitrogen and oxygen atoms in total. The van der Waals surface area contributed by atoms with Gasteiger partial charge in [0.2, 0.25) is 0 Å². The average molecular weight is 191 g/mol. The van der Waals surface area contributed by atoms with Crippen molar-refractivity contribution in [2.24, 2.45) is 7.05 Å². The molecule has 0 aliphatic heterocycles. The zero-order valence-electron chi connectivity index (χ0n) is 8.53. The monoisotopic (exact) mass is 191 g/mol. The van der Waals surface area contributed by atoms with Crippen LogP contribution in [0.3, 0.4) is 0 Å². The Hall–Kier alpha value is -1.58. The number of fused-ring (bicyclic) bond motifs is 1. The van der Waals surface area contributed by atoms with E-state index >= 15 is 0 Å². The summed E-state index contributed by atoms with van der Waals surface area (Å²) in [5, 5.41) is 4.69. The number of pyridine rings is 1. The second-order valence-electron chi connectivity index (χ2n) is 3.77. The van der Waals surface area contributed by atoms with Crippen LogP contribution in [0.2, 0.25) is 0 Å². The van der Waals surface area contributed by atoms with Crippen molar-refractivity contribution in [3.05, 3.63) is 28.2 Å². The Kier molecular flexibility index (Phi) is 1.91. The molecule has 14 heavy (non-hydrogen) atoms. The third-order valence-corrected chi connectivity index (χ3v) is 2.38. The number of nitrogens with zero attached hydrogens (tertiary/aromatic N) is 2. The van der Waals surface area contributed by atoms with Crippen molar-refractivity contribution in [3.8, 4) is 0 Å². The minimum Gasteiger partial charge on any atom is -0.343 e. The van der Waals surface area contributed by atoms with Crippen LogP contribution in [-0.2, 0) is 7.05 Å². The summed E-state index contributed by atoms with van der Waals surface area (Å²) < 4.78 is 1.68. The molecule has 0 saturated heterocycles. The first-order valence-electron chi connectivity index (χ1n) is 4.64. The van der Waals surface area contributed by atoms with Crippen LogP contribution in [0.15, 0.2) is 17.1 Å². The molecule has 0 spiro atoms. The largest absolute Gasteiger partial charge is 0.343 e. The second-order valence-corrected chi connectivity index (χ2v) is 3.77. The van der Waals surface area contributed by atoms with Crippen LogP contribution >= 0.6 is 0 Å². The molecule has 74 valence electrons. The molecule has 4 heteroatoms. The van der Waals surface area contributed by atoms with Gasteiger partial charge in [-0.3, -0.25) is 9.48 Å². The van der Waals surface area contributed by atoms with Crippen molar-refractivity contribution in [2.75, 3.05) is 0 Å². The minimum atomic E-state index is 0.0375. The maximum absolute atomic E-state index is 11.6. The van der Waals surface area contributed by atoms with Gasteiger partial charge >= 0.3 is 0 Å². The lowest BCUT2D eigenvalue weighted by Crippen LogP contribution is -2.06. The van der Waals surface area contributed by atoms with Crippen LogP contribution < -0.4 is 5.43 Å². The molecule has 0 aromatic carbocycles. The van der Waals surface area contributed by atoms with Crippen molar-refractivity contribution >= 4 is 11.0 Å². The van der Waals surface area contributed by atoms with Crippen LogP contribution in [0.4, 0.5) is 0 Å². The molecule has 2 heterocycles. The average Bonchev–Trinajstić information content (AvgIpc) is 2.48. The first-order valence-corrected chi connectivity index (χ1v) is 4.64. The van der Waals surface area contributed by atoms with Gasteiger partial charge in [0.05, 0.1) is 11.6 Å². The number of hydrogen-bond donors (Lipinski definition) is 1. The van der Waals surface area contributed by atoms with E-state index < -0.39 is 0 Å². The predicted octanol–water partition coefficient (Wildman–Crippen LogP) is 1.39. The molecule has 0 bridgehead atoms. The van der Waals surface area contributed by atoms with E-state index in [9.17, 15) is 4.79 Å². The van der Waals surface area contributed by atoms with Gasteiger partial charge in [0.1, 0.15) is 5.65 Å². The van der Waals surface area contributed by atoms with E-state index in [0.717, 1.165) is 11.3 Å². The third-order valence-electron chi connectivity index (χ3n) is 2.38. The summed E-state index contributed by atoms with van der Waals surface area (Å²) in [5.74, 6) is 0.321. The van der Waals surface area contributed by atoms with Gasteiger partial charge in [-0.25, -0.2) is 0 Å². The molecule has 0 unspecified atom stereocenters. The molecule has 2 aromatic heterocycles. The number of H-pyrrole nitrogens is 1. The lowest BCUT2D eigenvalue weighted by Gasteiger charge is -2.05. The molecule has 2 rings (SSSR count). The van der Waals surface area contributed by atoms with E-state index in [2.05, 4.69) is 10.1 Å². The van der Waals surface area contributed by atoms with Crippen molar-refractivity contribution in [1.29, 1.82) is 0 Å². The topological polar surface area (TPSA) is 50.7 Å². The van der Waals surface area contributed by atoms with Gasteiger partial charge in [0, 0.05) is 18.8 Å². The molecule has 1 N–H and O–H groups in total. The Labute approximate surface area is 81.6 Å². The highest BCUT2D eigenvalue weighted by Crippen LogP contribution is 2.12. The third kappa shape index (κ3) is 1.23. The molecule has 2 aromatic rings. The smallest absolute Gasteiger partial charge is 0.192 e. The highest BCUT2D eigenvalue weighted by Gasteiger charge is 2.07. The lowest BCUT2D eigenvalue weighted by atomic mass is 10.1. The molecule has 0 radical (unpaired) electrons. The number of aromatic nitrogens is 3. The van der Waals surface area contributed by atoms with Gasteiger partial charge < -0.3 is 4.98 Å². The molecule has 0 aliphatic rings. The zero-order chi connectivity index (χ0) is 10.3. The van der Waals surface area contributed by atoms with Crippen molar-refractivity contribution < 1.29 is 0 Å². The number of aryl methyl sites for hydroxylation is 1. The van der Waals surface area contributed by atoms with Crippen molar-refractivity contribution in [1.82, 2.24) is 14.8 Å². The lowest BCUT2D eigenvalue weighted by molar-refractivity contribution is 0.770. The van der Waals surface area contributed by atoms with Gasteiger partial charge in [0.25, 0.3) is 0 Å².